The number of carbonyl (C=O) groups excluding carboxylic acids is 1. The van der Waals surface area contributed by atoms with Gasteiger partial charge in [-0.15, -0.1) is 0 Å². The summed E-state index contributed by atoms with van der Waals surface area (Å²) in [4.78, 5) is 22.9. The minimum absolute atomic E-state index is 0.0190. The van der Waals surface area contributed by atoms with Crippen molar-refractivity contribution in [2.45, 2.75) is 26.3 Å². The van der Waals surface area contributed by atoms with Crippen LogP contribution in [-0.4, -0.2) is 23.0 Å². The van der Waals surface area contributed by atoms with Crippen LogP contribution < -0.4 is 11.1 Å². The Kier molecular flexibility index (Phi) is 5.32. The first-order chi connectivity index (χ1) is 8.81. The molecule has 0 unspecified atom stereocenters. The molecule has 1 amide bonds. The van der Waals surface area contributed by atoms with Gasteiger partial charge >= 0.3 is 5.97 Å². The molecule has 1 atom stereocenters. The van der Waals surface area contributed by atoms with Crippen molar-refractivity contribution in [3.05, 3.63) is 28.8 Å². The van der Waals surface area contributed by atoms with Gasteiger partial charge < -0.3 is 16.2 Å². The number of benzene rings is 1. The van der Waals surface area contributed by atoms with Crippen LogP contribution in [0, 0.1) is 5.92 Å². The number of halogens is 1. The first-order valence-corrected chi connectivity index (χ1v) is 6.28. The summed E-state index contributed by atoms with van der Waals surface area (Å²) in [5.74, 6) is -1.28. The molecule has 0 spiro atoms. The zero-order valence-corrected chi connectivity index (χ0v) is 11.6. The Bertz CT molecular complexity index is 489. The second-order valence-electron chi connectivity index (χ2n) is 4.72. The molecule has 5 nitrogen and oxygen atoms in total. The number of nitrogens with two attached hydrogens (primary N) is 1. The van der Waals surface area contributed by atoms with Gasteiger partial charge in [-0.1, -0.05) is 25.4 Å². The Balaban J connectivity index is 2.89. The predicted octanol–water partition coefficient (Wildman–Crippen LogP) is 2.35. The Morgan fingerprint density at radius 1 is 1.42 bits per heavy atom. The number of anilines is 1. The number of hydrogen-bond acceptors (Lipinski definition) is 3. The summed E-state index contributed by atoms with van der Waals surface area (Å²) >= 11 is 5.79. The molecule has 1 aromatic carbocycles. The van der Waals surface area contributed by atoms with Crippen molar-refractivity contribution in [2.24, 2.45) is 11.7 Å². The first-order valence-electron chi connectivity index (χ1n) is 5.90. The van der Waals surface area contributed by atoms with E-state index in [0.29, 0.717) is 11.4 Å². The predicted molar refractivity (Wildman–Crippen MR) is 74.5 cm³/mol. The standard InChI is InChI=1S/C13H17ClN2O3/c1-7(2)5-10(15)12(17)16-11-6-8(14)3-4-9(11)13(18)19/h3-4,6-7,10H,5,15H2,1-2H3,(H,16,17)(H,18,19)/t10-/m0/s1. The molecular formula is C13H17ClN2O3. The molecule has 0 bridgehead atoms. The normalized spacial score (nSPS) is 12.3. The van der Waals surface area contributed by atoms with E-state index >= 15 is 0 Å². The molecule has 0 fully saturated rings. The van der Waals surface area contributed by atoms with Gasteiger partial charge in [0.05, 0.1) is 17.3 Å². The number of amides is 1. The summed E-state index contributed by atoms with van der Waals surface area (Å²) in [5, 5.41) is 11.9. The van der Waals surface area contributed by atoms with Gasteiger partial charge in [0.1, 0.15) is 0 Å². The fourth-order valence-electron chi connectivity index (χ4n) is 1.65. The molecule has 4 N–H and O–H groups in total. The fraction of sp³-hybridized carbons (Fsp3) is 0.385. The van der Waals surface area contributed by atoms with Gasteiger partial charge in [0.2, 0.25) is 5.91 Å². The molecule has 1 aromatic rings. The van der Waals surface area contributed by atoms with E-state index in [1.807, 2.05) is 13.8 Å². The quantitative estimate of drug-likeness (QED) is 0.774. The highest BCUT2D eigenvalue weighted by molar-refractivity contribution is 6.31. The number of carboxylic acid groups (broad SMARTS) is 1. The average molecular weight is 285 g/mol. The van der Waals surface area contributed by atoms with E-state index in [-0.39, 0.29) is 17.2 Å². The van der Waals surface area contributed by atoms with Crippen LogP contribution >= 0.6 is 11.6 Å². The fourth-order valence-corrected chi connectivity index (χ4v) is 1.82. The van der Waals surface area contributed by atoms with E-state index in [1.165, 1.54) is 18.2 Å². The maximum Gasteiger partial charge on any atom is 0.337 e. The van der Waals surface area contributed by atoms with Crippen molar-refractivity contribution in [1.82, 2.24) is 0 Å². The number of rotatable bonds is 5. The highest BCUT2D eigenvalue weighted by Crippen LogP contribution is 2.21. The van der Waals surface area contributed by atoms with E-state index in [9.17, 15) is 9.59 Å². The van der Waals surface area contributed by atoms with Crippen molar-refractivity contribution in [2.75, 3.05) is 5.32 Å². The molecule has 0 aliphatic rings. The molecule has 104 valence electrons. The zero-order chi connectivity index (χ0) is 14.6. The number of aromatic carboxylic acids is 1. The lowest BCUT2D eigenvalue weighted by molar-refractivity contribution is -0.117. The van der Waals surface area contributed by atoms with E-state index in [2.05, 4.69) is 5.32 Å². The minimum atomic E-state index is -1.13. The third-order valence-corrected chi connectivity index (χ3v) is 2.77. The number of hydrogen-bond donors (Lipinski definition) is 3. The van der Waals surface area contributed by atoms with Crippen LogP contribution in [0.25, 0.3) is 0 Å². The zero-order valence-electron chi connectivity index (χ0n) is 10.8. The molecule has 6 heteroatoms. The molecule has 0 radical (unpaired) electrons. The number of nitrogens with one attached hydrogen (secondary N) is 1. The Labute approximate surface area is 116 Å². The maximum atomic E-state index is 11.9. The summed E-state index contributed by atoms with van der Waals surface area (Å²) in [6, 6.07) is 3.51. The first kappa shape index (κ1) is 15.5. The largest absolute Gasteiger partial charge is 0.478 e. The van der Waals surface area contributed by atoms with Crippen molar-refractivity contribution in [1.29, 1.82) is 0 Å². The van der Waals surface area contributed by atoms with Gasteiger partial charge in [-0.3, -0.25) is 4.79 Å². The summed E-state index contributed by atoms with van der Waals surface area (Å²) in [6.07, 6.45) is 0.523. The second-order valence-corrected chi connectivity index (χ2v) is 5.16. The van der Waals surface area contributed by atoms with Crippen LogP contribution in [0.3, 0.4) is 0 Å². The van der Waals surface area contributed by atoms with Crippen molar-refractivity contribution >= 4 is 29.2 Å². The van der Waals surface area contributed by atoms with Crippen LogP contribution in [0.5, 0.6) is 0 Å². The maximum absolute atomic E-state index is 11.9. The Morgan fingerprint density at radius 2 is 2.05 bits per heavy atom. The van der Waals surface area contributed by atoms with E-state index in [1.54, 1.807) is 0 Å². The lowest BCUT2D eigenvalue weighted by Gasteiger charge is -2.15. The highest BCUT2D eigenvalue weighted by atomic mass is 35.5. The van der Waals surface area contributed by atoms with Gasteiger partial charge in [0.15, 0.2) is 0 Å². The third-order valence-electron chi connectivity index (χ3n) is 2.53. The van der Waals surface area contributed by atoms with Gasteiger partial charge in [-0.25, -0.2) is 4.79 Å². The smallest absolute Gasteiger partial charge is 0.337 e. The lowest BCUT2D eigenvalue weighted by Crippen LogP contribution is -2.37. The van der Waals surface area contributed by atoms with E-state index in [4.69, 9.17) is 22.4 Å². The van der Waals surface area contributed by atoms with Crippen molar-refractivity contribution < 1.29 is 14.7 Å². The average Bonchev–Trinajstić information content (AvgIpc) is 2.27. The molecule has 0 aliphatic carbocycles. The van der Waals surface area contributed by atoms with Gasteiger partial charge in [0.25, 0.3) is 0 Å². The highest BCUT2D eigenvalue weighted by Gasteiger charge is 2.18. The SMILES string of the molecule is CC(C)C[C@H](N)C(=O)Nc1cc(Cl)ccc1C(=O)O. The number of carboxylic acids is 1. The van der Waals surface area contributed by atoms with Gasteiger partial charge in [-0.2, -0.15) is 0 Å². The molecule has 0 saturated carbocycles. The number of carbonyl (C=O) groups is 2. The Hall–Kier alpha value is -1.59. The molecule has 1 rings (SSSR count). The summed E-state index contributed by atoms with van der Waals surface area (Å²) in [6.45, 7) is 3.91. The molecule has 0 saturated heterocycles. The molecule has 0 heterocycles. The molecule has 0 aromatic heterocycles. The van der Waals surface area contributed by atoms with Crippen molar-refractivity contribution in [3.8, 4) is 0 Å². The molecular weight excluding hydrogens is 268 g/mol. The molecule has 0 aliphatic heterocycles. The van der Waals surface area contributed by atoms with Crippen LogP contribution in [0.4, 0.5) is 5.69 Å². The van der Waals surface area contributed by atoms with E-state index in [0.717, 1.165) is 0 Å². The Morgan fingerprint density at radius 3 is 2.58 bits per heavy atom. The van der Waals surface area contributed by atoms with Crippen LogP contribution in [0.15, 0.2) is 18.2 Å². The summed E-state index contributed by atoms with van der Waals surface area (Å²) in [7, 11) is 0. The minimum Gasteiger partial charge on any atom is -0.478 e. The van der Waals surface area contributed by atoms with Crippen molar-refractivity contribution in [3.63, 3.8) is 0 Å². The second kappa shape index (κ2) is 6.54. The molecule has 19 heavy (non-hydrogen) atoms. The monoisotopic (exact) mass is 284 g/mol. The lowest BCUT2D eigenvalue weighted by atomic mass is 10.0. The van der Waals surface area contributed by atoms with Gasteiger partial charge in [-0.05, 0) is 30.5 Å². The topological polar surface area (TPSA) is 92.4 Å². The van der Waals surface area contributed by atoms with E-state index < -0.39 is 17.9 Å². The van der Waals surface area contributed by atoms with Crippen LogP contribution in [0.1, 0.15) is 30.6 Å². The summed E-state index contributed by atoms with van der Waals surface area (Å²) in [5.41, 5.74) is 5.88. The summed E-state index contributed by atoms with van der Waals surface area (Å²) < 4.78 is 0. The van der Waals surface area contributed by atoms with Crippen LogP contribution in [0.2, 0.25) is 5.02 Å². The third kappa shape index (κ3) is 4.54. The van der Waals surface area contributed by atoms with Gasteiger partial charge in [0, 0.05) is 5.02 Å². The van der Waals surface area contributed by atoms with Crippen LogP contribution in [-0.2, 0) is 4.79 Å².